The number of amides is 1. The molecular weight excluding hydrogens is 252 g/mol. The third kappa shape index (κ3) is 5.49. The van der Waals surface area contributed by atoms with E-state index < -0.39 is 6.04 Å². The zero-order valence-electron chi connectivity index (χ0n) is 10.8. The van der Waals surface area contributed by atoms with E-state index in [0.717, 1.165) is 12.0 Å². The molecule has 102 valence electrons. The molecule has 0 aliphatic heterocycles. The van der Waals surface area contributed by atoms with E-state index in [0.29, 0.717) is 6.61 Å². The molecule has 0 saturated heterocycles. The monoisotopic (exact) mass is 272 g/mol. The van der Waals surface area contributed by atoms with E-state index in [4.69, 9.17) is 10.5 Å². The SMILES string of the molecule is COCCC(C)NC(=O)C(N)c1ccccc1.Cl. The molecule has 0 heterocycles. The van der Waals surface area contributed by atoms with Gasteiger partial charge in [0.15, 0.2) is 0 Å². The van der Waals surface area contributed by atoms with Gasteiger partial charge in [0, 0.05) is 19.8 Å². The second kappa shape index (κ2) is 8.91. The van der Waals surface area contributed by atoms with Crippen molar-refractivity contribution in [3.05, 3.63) is 35.9 Å². The zero-order chi connectivity index (χ0) is 12.7. The summed E-state index contributed by atoms with van der Waals surface area (Å²) in [5.74, 6) is -0.153. The summed E-state index contributed by atoms with van der Waals surface area (Å²) >= 11 is 0. The summed E-state index contributed by atoms with van der Waals surface area (Å²) in [5.41, 5.74) is 6.70. The third-order valence-electron chi connectivity index (χ3n) is 2.58. The highest BCUT2D eigenvalue weighted by atomic mass is 35.5. The Balaban J connectivity index is 0.00000289. The van der Waals surface area contributed by atoms with Crippen molar-refractivity contribution in [2.75, 3.05) is 13.7 Å². The average molecular weight is 273 g/mol. The Labute approximate surface area is 114 Å². The van der Waals surface area contributed by atoms with Gasteiger partial charge in [0.25, 0.3) is 0 Å². The van der Waals surface area contributed by atoms with Gasteiger partial charge in [0.2, 0.25) is 5.91 Å². The number of ether oxygens (including phenoxy) is 1. The first-order valence-corrected chi connectivity index (χ1v) is 5.75. The number of benzene rings is 1. The number of nitrogens with one attached hydrogen (secondary N) is 1. The van der Waals surface area contributed by atoms with Gasteiger partial charge in [0.1, 0.15) is 6.04 Å². The van der Waals surface area contributed by atoms with E-state index in [2.05, 4.69) is 5.32 Å². The fraction of sp³-hybridized carbons (Fsp3) is 0.462. The second-order valence-electron chi connectivity index (χ2n) is 4.08. The Hall–Kier alpha value is -1.10. The molecule has 5 heteroatoms. The van der Waals surface area contributed by atoms with Crippen LogP contribution in [0.5, 0.6) is 0 Å². The third-order valence-corrected chi connectivity index (χ3v) is 2.58. The van der Waals surface area contributed by atoms with Crippen LogP contribution in [-0.2, 0) is 9.53 Å². The van der Waals surface area contributed by atoms with Gasteiger partial charge >= 0.3 is 0 Å². The first kappa shape index (κ1) is 16.9. The van der Waals surface area contributed by atoms with Crippen molar-refractivity contribution >= 4 is 18.3 Å². The van der Waals surface area contributed by atoms with Crippen LogP contribution >= 0.6 is 12.4 Å². The molecule has 2 atom stereocenters. The minimum atomic E-state index is -0.610. The molecule has 1 aromatic rings. The van der Waals surface area contributed by atoms with Gasteiger partial charge < -0.3 is 15.8 Å². The molecule has 0 aromatic heterocycles. The molecular formula is C13H21ClN2O2. The number of halogens is 1. The maximum absolute atomic E-state index is 11.8. The Kier molecular flexibility index (Phi) is 8.37. The van der Waals surface area contributed by atoms with Gasteiger partial charge in [-0.2, -0.15) is 0 Å². The number of carbonyl (C=O) groups excluding carboxylic acids is 1. The van der Waals surface area contributed by atoms with E-state index in [1.54, 1.807) is 7.11 Å². The molecule has 0 aliphatic rings. The lowest BCUT2D eigenvalue weighted by atomic mass is 10.1. The van der Waals surface area contributed by atoms with Gasteiger partial charge in [-0.3, -0.25) is 4.79 Å². The Morgan fingerprint density at radius 1 is 1.39 bits per heavy atom. The predicted molar refractivity (Wildman–Crippen MR) is 74.7 cm³/mol. The summed E-state index contributed by atoms with van der Waals surface area (Å²) in [4.78, 5) is 11.8. The highest BCUT2D eigenvalue weighted by molar-refractivity contribution is 5.85. The molecule has 4 nitrogen and oxygen atoms in total. The van der Waals surface area contributed by atoms with Crippen LogP contribution < -0.4 is 11.1 Å². The van der Waals surface area contributed by atoms with Crippen LogP contribution in [0.1, 0.15) is 24.9 Å². The van der Waals surface area contributed by atoms with Gasteiger partial charge in [-0.15, -0.1) is 12.4 Å². The molecule has 1 amide bonds. The quantitative estimate of drug-likeness (QED) is 0.828. The molecule has 0 saturated carbocycles. The van der Waals surface area contributed by atoms with Crippen molar-refractivity contribution in [3.8, 4) is 0 Å². The maximum Gasteiger partial charge on any atom is 0.241 e. The van der Waals surface area contributed by atoms with E-state index in [1.165, 1.54) is 0 Å². The summed E-state index contributed by atoms with van der Waals surface area (Å²) in [5, 5.41) is 2.87. The lowest BCUT2D eigenvalue weighted by Crippen LogP contribution is -2.39. The first-order valence-electron chi connectivity index (χ1n) is 5.75. The molecule has 0 radical (unpaired) electrons. The van der Waals surface area contributed by atoms with Gasteiger partial charge in [-0.25, -0.2) is 0 Å². The topological polar surface area (TPSA) is 64.3 Å². The smallest absolute Gasteiger partial charge is 0.241 e. The molecule has 1 rings (SSSR count). The summed E-state index contributed by atoms with van der Waals surface area (Å²) in [6, 6.07) is 8.80. The number of carbonyl (C=O) groups is 1. The van der Waals surface area contributed by atoms with Gasteiger partial charge in [-0.05, 0) is 18.9 Å². The van der Waals surface area contributed by atoms with Crippen LogP contribution in [0.15, 0.2) is 30.3 Å². The predicted octanol–water partition coefficient (Wildman–Crippen LogP) is 1.65. The first-order chi connectivity index (χ1) is 8.15. The van der Waals surface area contributed by atoms with Crippen molar-refractivity contribution in [1.29, 1.82) is 0 Å². The van der Waals surface area contributed by atoms with E-state index >= 15 is 0 Å². The lowest BCUT2D eigenvalue weighted by molar-refractivity contribution is -0.123. The van der Waals surface area contributed by atoms with E-state index in [1.807, 2.05) is 37.3 Å². The highest BCUT2D eigenvalue weighted by Gasteiger charge is 2.16. The molecule has 0 aliphatic carbocycles. The summed E-state index contributed by atoms with van der Waals surface area (Å²) in [6.45, 7) is 2.57. The summed E-state index contributed by atoms with van der Waals surface area (Å²) in [6.07, 6.45) is 0.781. The highest BCUT2D eigenvalue weighted by Crippen LogP contribution is 2.09. The fourth-order valence-corrected chi connectivity index (χ4v) is 1.51. The van der Waals surface area contributed by atoms with Crippen molar-refractivity contribution < 1.29 is 9.53 Å². The zero-order valence-corrected chi connectivity index (χ0v) is 11.6. The number of hydrogen-bond acceptors (Lipinski definition) is 3. The van der Waals surface area contributed by atoms with Crippen LogP contribution in [0, 0.1) is 0 Å². The average Bonchev–Trinajstić information content (AvgIpc) is 2.36. The fourth-order valence-electron chi connectivity index (χ4n) is 1.51. The molecule has 3 N–H and O–H groups in total. The summed E-state index contributed by atoms with van der Waals surface area (Å²) < 4.78 is 4.96. The molecule has 18 heavy (non-hydrogen) atoms. The van der Waals surface area contributed by atoms with Crippen LogP contribution in [0.25, 0.3) is 0 Å². The minimum absolute atomic E-state index is 0. The van der Waals surface area contributed by atoms with Crippen LogP contribution in [0.2, 0.25) is 0 Å². The van der Waals surface area contributed by atoms with Crippen molar-refractivity contribution in [2.24, 2.45) is 5.73 Å². The van der Waals surface area contributed by atoms with Crippen molar-refractivity contribution in [1.82, 2.24) is 5.32 Å². The van der Waals surface area contributed by atoms with Crippen molar-refractivity contribution in [3.63, 3.8) is 0 Å². The van der Waals surface area contributed by atoms with Crippen LogP contribution in [0.4, 0.5) is 0 Å². The Bertz CT molecular complexity index is 346. The Morgan fingerprint density at radius 2 is 2.00 bits per heavy atom. The largest absolute Gasteiger partial charge is 0.385 e. The molecule has 0 fully saturated rings. The summed E-state index contributed by atoms with van der Waals surface area (Å²) in [7, 11) is 1.64. The standard InChI is InChI=1S/C13H20N2O2.ClH/c1-10(8-9-17-2)15-13(16)12(14)11-6-4-3-5-7-11;/h3-7,10,12H,8-9,14H2,1-2H3,(H,15,16);1H. The number of rotatable bonds is 6. The van der Waals surface area contributed by atoms with Crippen molar-refractivity contribution in [2.45, 2.75) is 25.4 Å². The van der Waals surface area contributed by atoms with E-state index in [-0.39, 0.29) is 24.4 Å². The lowest BCUT2D eigenvalue weighted by Gasteiger charge is -2.17. The number of nitrogens with two attached hydrogens (primary N) is 1. The number of methoxy groups -OCH3 is 1. The Morgan fingerprint density at radius 3 is 2.56 bits per heavy atom. The van der Waals surface area contributed by atoms with E-state index in [9.17, 15) is 4.79 Å². The van der Waals surface area contributed by atoms with Gasteiger partial charge in [0.05, 0.1) is 0 Å². The molecule has 0 bridgehead atoms. The molecule has 0 spiro atoms. The molecule has 2 unspecified atom stereocenters. The van der Waals surface area contributed by atoms with Crippen LogP contribution in [-0.4, -0.2) is 25.7 Å². The minimum Gasteiger partial charge on any atom is -0.385 e. The normalized spacial score (nSPS) is 13.3. The second-order valence-corrected chi connectivity index (χ2v) is 4.08. The van der Waals surface area contributed by atoms with Gasteiger partial charge in [-0.1, -0.05) is 30.3 Å². The van der Waals surface area contributed by atoms with Crippen LogP contribution in [0.3, 0.4) is 0 Å². The molecule has 1 aromatic carbocycles. The number of hydrogen-bond donors (Lipinski definition) is 2. The maximum atomic E-state index is 11.8.